The summed E-state index contributed by atoms with van der Waals surface area (Å²) in [6.07, 6.45) is 3.65. The summed E-state index contributed by atoms with van der Waals surface area (Å²) in [5, 5.41) is 18.8. The lowest BCUT2D eigenvalue weighted by Crippen LogP contribution is -2.24. The number of amides is 2. The van der Waals surface area contributed by atoms with Crippen LogP contribution in [0.4, 0.5) is 22.7 Å². The van der Waals surface area contributed by atoms with Gasteiger partial charge in [0.05, 0.1) is 5.56 Å². The minimum atomic E-state index is -1.07. The molecule has 0 heterocycles. The van der Waals surface area contributed by atoms with Crippen molar-refractivity contribution in [2.45, 2.75) is 40.2 Å². The minimum Gasteiger partial charge on any atom is -0.487 e. The molecular weight excluding hydrogens is 572 g/mol. The molecule has 0 saturated heterocycles. The molecule has 45 heavy (non-hydrogen) atoms. The van der Waals surface area contributed by atoms with Crippen molar-refractivity contribution in [1.29, 1.82) is 0 Å². The van der Waals surface area contributed by atoms with Crippen LogP contribution in [0, 0.1) is 0 Å². The molecule has 9 heteroatoms. The smallest absolute Gasteiger partial charge is 0.339 e. The Balaban J connectivity index is 1.54. The number of hydrogen-bond donors (Lipinski definition) is 2. The Bertz CT molecular complexity index is 1750. The summed E-state index contributed by atoms with van der Waals surface area (Å²) in [5.74, 6) is -2.30. The molecule has 4 rings (SSSR count). The number of benzene rings is 4. The van der Waals surface area contributed by atoms with Crippen LogP contribution in [0.25, 0.3) is 12.2 Å². The first kappa shape index (κ1) is 32.2. The molecule has 0 aliphatic carbocycles. The number of ether oxygens (including phenoxy) is 1. The van der Waals surface area contributed by atoms with Gasteiger partial charge in [0.2, 0.25) is 11.8 Å². The molecule has 2 amide bonds. The average Bonchev–Trinajstić information content (AvgIpc) is 2.97. The second-order valence-corrected chi connectivity index (χ2v) is 11.3. The molecule has 9 nitrogen and oxygen atoms in total. The first-order valence-electron chi connectivity index (χ1n) is 14.1. The van der Waals surface area contributed by atoms with Gasteiger partial charge in [0.15, 0.2) is 0 Å². The van der Waals surface area contributed by atoms with Crippen LogP contribution in [0.5, 0.6) is 5.75 Å². The van der Waals surface area contributed by atoms with E-state index in [1.165, 1.54) is 30.9 Å². The van der Waals surface area contributed by atoms with E-state index in [0.717, 1.165) is 5.56 Å². The lowest BCUT2D eigenvalue weighted by molar-refractivity contribution is -0.116. The highest BCUT2D eigenvalue weighted by molar-refractivity contribution is 6.02. The third-order valence-electron chi connectivity index (χ3n) is 6.64. The molecule has 0 aromatic heterocycles. The number of nitrogens with zero attached hydrogens (tertiary/aromatic N) is 2. The Kier molecular flexibility index (Phi) is 9.52. The Hall–Kier alpha value is -5.70. The summed E-state index contributed by atoms with van der Waals surface area (Å²) < 4.78 is 5.79. The summed E-state index contributed by atoms with van der Waals surface area (Å²) >= 11 is 0. The van der Waals surface area contributed by atoms with Gasteiger partial charge in [-0.2, -0.15) is 0 Å². The van der Waals surface area contributed by atoms with Crippen LogP contribution >= 0.6 is 0 Å². The zero-order valence-electron chi connectivity index (χ0n) is 25.6. The fourth-order valence-corrected chi connectivity index (χ4v) is 4.69. The molecule has 2 N–H and O–H groups in total. The molecule has 0 atom stereocenters. The molecule has 4 aromatic rings. The van der Waals surface area contributed by atoms with Gasteiger partial charge in [-0.1, -0.05) is 30.4 Å². The zero-order chi connectivity index (χ0) is 32.9. The molecular formula is C36H34N2O7. The monoisotopic (exact) mass is 606 g/mol. The van der Waals surface area contributed by atoms with E-state index in [9.17, 15) is 29.4 Å². The maximum atomic E-state index is 12.7. The van der Waals surface area contributed by atoms with E-state index >= 15 is 0 Å². The number of carbonyl (C=O) groups excluding carboxylic acids is 2. The summed E-state index contributed by atoms with van der Waals surface area (Å²) in [5.41, 5.74) is 3.50. The summed E-state index contributed by atoms with van der Waals surface area (Å²) in [6, 6.07) is 25.2. The lowest BCUT2D eigenvalue weighted by atomic mass is 10.1. The molecule has 0 fully saturated rings. The largest absolute Gasteiger partial charge is 0.487 e. The fraction of sp³-hybridized carbons (Fsp3) is 0.167. The van der Waals surface area contributed by atoms with Gasteiger partial charge in [0.25, 0.3) is 0 Å². The Morgan fingerprint density at radius 2 is 1.00 bits per heavy atom. The third-order valence-corrected chi connectivity index (χ3v) is 6.64. The predicted molar refractivity (Wildman–Crippen MR) is 175 cm³/mol. The molecule has 0 bridgehead atoms. The maximum Gasteiger partial charge on any atom is 0.339 e. The molecule has 0 aliphatic heterocycles. The highest BCUT2D eigenvalue weighted by atomic mass is 16.5. The topological polar surface area (TPSA) is 124 Å². The van der Waals surface area contributed by atoms with Gasteiger partial charge >= 0.3 is 11.9 Å². The SMILES string of the molecule is CC(=O)N(c1ccc(/C=C/c2ccc(OC(C)(C)C)c(C(=O)O)c2)cc1)c1ccc(N(C(C)=O)c2ccc(C(=O)O)cc2)cc1. The molecule has 0 aliphatic rings. The third kappa shape index (κ3) is 8.03. The van der Waals surface area contributed by atoms with Crippen LogP contribution in [0.15, 0.2) is 91.0 Å². The van der Waals surface area contributed by atoms with Crippen LogP contribution in [-0.4, -0.2) is 39.6 Å². The number of hydrogen-bond acceptors (Lipinski definition) is 5. The Morgan fingerprint density at radius 3 is 1.40 bits per heavy atom. The highest BCUT2D eigenvalue weighted by Crippen LogP contribution is 2.32. The van der Waals surface area contributed by atoms with Crippen LogP contribution in [0.1, 0.15) is 66.5 Å². The average molecular weight is 607 g/mol. The van der Waals surface area contributed by atoms with Gasteiger partial charge in [-0.05, 0) is 105 Å². The predicted octanol–water partition coefficient (Wildman–Crippen LogP) is 7.80. The van der Waals surface area contributed by atoms with Crippen LogP contribution in [-0.2, 0) is 9.59 Å². The quantitative estimate of drug-likeness (QED) is 0.186. The van der Waals surface area contributed by atoms with Gasteiger partial charge in [0.1, 0.15) is 16.9 Å². The van der Waals surface area contributed by atoms with E-state index in [4.69, 9.17) is 4.74 Å². The summed E-state index contributed by atoms with van der Waals surface area (Å²) in [6.45, 7) is 8.44. The first-order valence-corrected chi connectivity index (χ1v) is 14.1. The second kappa shape index (κ2) is 13.3. The van der Waals surface area contributed by atoms with Gasteiger partial charge in [-0.15, -0.1) is 0 Å². The summed E-state index contributed by atoms with van der Waals surface area (Å²) in [4.78, 5) is 51.3. The van der Waals surface area contributed by atoms with E-state index in [1.54, 1.807) is 65.6 Å². The number of carbonyl (C=O) groups is 4. The lowest BCUT2D eigenvalue weighted by Gasteiger charge is -2.24. The van der Waals surface area contributed by atoms with E-state index in [1.807, 2.05) is 51.1 Å². The van der Waals surface area contributed by atoms with Crippen molar-refractivity contribution in [2.75, 3.05) is 9.80 Å². The normalized spacial score (nSPS) is 11.2. The molecule has 0 saturated carbocycles. The van der Waals surface area contributed by atoms with E-state index in [2.05, 4.69) is 0 Å². The molecule has 0 unspecified atom stereocenters. The first-order chi connectivity index (χ1) is 21.2. The maximum absolute atomic E-state index is 12.7. The van der Waals surface area contributed by atoms with Crippen LogP contribution in [0.3, 0.4) is 0 Å². The number of carboxylic acid groups (broad SMARTS) is 2. The fourth-order valence-electron chi connectivity index (χ4n) is 4.69. The van der Waals surface area contributed by atoms with Crippen LogP contribution < -0.4 is 14.5 Å². The zero-order valence-corrected chi connectivity index (χ0v) is 25.6. The number of anilines is 4. The van der Waals surface area contributed by atoms with Gasteiger partial charge < -0.3 is 14.9 Å². The highest BCUT2D eigenvalue weighted by Gasteiger charge is 2.20. The second-order valence-electron chi connectivity index (χ2n) is 11.3. The van der Waals surface area contributed by atoms with Gasteiger partial charge in [-0.3, -0.25) is 19.4 Å². The minimum absolute atomic E-state index is 0.0769. The Labute approximate surface area is 261 Å². The van der Waals surface area contributed by atoms with Crippen molar-refractivity contribution in [3.63, 3.8) is 0 Å². The van der Waals surface area contributed by atoms with E-state index in [-0.39, 0.29) is 22.9 Å². The summed E-state index contributed by atoms with van der Waals surface area (Å²) in [7, 11) is 0. The molecule has 0 spiro atoms. The molecule has 230 valence electrons. The van der Waals surface area contributed by atoms with Crippen molar-refractivity contribution >= 4 is 58.7 Å². The van der Waals surface area contributed by atoms with Crippen molar-refractivity contribution in [2.24, 2.45) is 0 Å². The Morgan fingerprint density at radius 1 is 0.600 bits per heavy atom. The van der Waals surface area contributed by atoms with Gasteiger partial charge in [0, 0.05) is 36.6 Å². The number of rotatable bonds is 9. The standard InChI is InChI=1S/C36H34N2O7/c1-23(39)37(30-17-19-31(20-18-30)38(24(2)40)29-15-11-27(12-16-29)34(41)42)28-13-8-25(9-14-28)6-7-26-10-21-33(45-36(3,4)5)32(22-26)35(43)44/h6-22H,1-5H3,(H,41,42)(H,43,44)/b7-6+. The van der Waals surface area contributed by atoms with Crippen LogP contribution in [0.2, 0.25) is 0 Å². The van der Waals surface area contributed by atoms with Crippen molar-refractivity contribution in [1.82, 2.24) is 0 Å². The molecule has 4 aromatic carbocycles. The molecule has 0 radical (unpaired) electrons. The number of carboxylic acids is 2. The van der Waals surface area contributed by atoms with Crippen molar-refractivity contribution < 1.29 is 34.1 Å². The van der Waals surface area contributed by atoms with Gasteiger partial charge in [-0.25, -0.2) is 9.59 Å². The van der Waals surface area contributed by atoms with Crippen molar-refractivity contribution in [3.8, 4) is 5.75 Å². The number of aromatic carboxylic acids is 2. The van der Waals surface area contributed by atoms with Crippen molar-refractivity contribution in [3.05, 3.63) is 113 Å². The van der Waals surface area contributed by atoms with E-state index < -0.39 is 17.5 Å². The van der Waals surface area contributed by atoms with E-state index in [0.29, 0.717) is 34.1 Å².